The van der Waals surface area contributed by atoms with Gasteiger partial charge in [0.1, 0.15) is 0 Å². The van der Waals surface area contributed by atoms with Gasteiger partial charge in [0.15, 0.2) is 5.78 Å². The average molecular weight is 427 g/mol. The van der Waals surface area contributed by atoms with Crippen LogP contribution in [0.1, 0.15) is 27.9 Å². The zero-order valence-corrected chi connectivity index (χ0v) is 15.6. The van der Waals surface area contributed by atoms with Gasteiger partial charge >= 0.3 is 12.1 Å². The van der Waals surface area contributed by atoms with Gasteiger partial charge in [-0.25, -0.2) is 13.1 Å². The molecule has 0 aliphatic rings. The Morgan fingerprint density at radius 2 is 1.59 bits per heavy atom. The summed E-state index contributed by atoms with van der Waals surface area (Å²) in [6, 6.07) is 9.22. The second-order valence-corrected chi connectivity index (χ2v) is 7.65. The van der Waals surface area contributed by atoms with Crippen LogP contribution < -0.4 is 4.72 Å². The number of benzene rings is 2. The standard InChI is InChI=1S/C19H16F3NO5S/c20-19(21,22)15-6-1-13(2-7-15)3-10-17(24)14-4-8-16(9-5-14)29(27,28)23-12-11-18(25)26/h1-10,23H,11-12H2,(H,25,26)/b10-3+. The van der Waals surface area contributed by atoms with Gasteiger partial charge in [0.2, 0.25) is 10.0 Å². The fraction of sp³-hybridized carbons (Fsp3) is 0.158. The minimum Gasteiger partial charge on any atom is -0.481 e. The molecule has 0 bridgehead atoms. The maximum Gasteiger partial charge on any atom is 0.416 e. The van der Waals surface area contributed by atoms with E-state index in [2.05, 4.69) is 4.72 Å². The molecule has 0 amide bonds. The molecule has 0 aliphatic heterocycles. The van der Waals surface area contributed by atoms with E-state index in [-0.39, 0.29) is 23.4 Å². The molecule has 0 unspecified atom stereocenters. The number of hydrogen-bond acceptors (Lipinski definition) is 4. The number of alkyl halides is 3. The maximum atomic E-state index is 12.5. The molecule has 0 aromatic heterocycles. The van der Waals surface area contributed by atoms with Gasteiger partial charge in [0, 0.05) is 12.1 Å². The van der Waals surface area contributed by atoms with Gasteiger partial charge in [-0.1, -0.05) is 18.2 Å². The van der Waals surface area contributed by atoms with Crippen LogP contribution in [0.2, 0.25) is 0 Å². The van der Waals surface area contributed by atoms with E-state index in [1.54, 1.807) is 0 Å². The van der Waals surface area contributed by atoms with Crippen LogP contribution in [0, 0.1) is 0 Å². The Kier molecular flexibility index (Phi) is 6.93. The zero-order chi connectivity index (χ0) is 21.7. The number of hydrogen-bond donors (Lipinski definition) is 2. The quantitative estimate of drug-likeness (QED) is 0.497. The summed E-state index contributed by atoms with van der Waals surface area (Å²) in [5, 5.41) is 8.53. The van der Waals surface area contributed by atoms with E-state index in [4.69, 9.17) is 5.11 Å². The minimum atomic E-state index is -4.44. The third kappa shape index (κ3) is 6.54. The Labute approximate surface area is 164 Å². The summed E-state index contributed by atoms with van der Waals surface area (Å²) in [4.78, 5) is 22.5. The van der Waals surface area contributed by atoms with Crippen molar-refractivity contribution in [1.82, 2.24) is 4.72 Å². The van der Waals surface area contributed by atoms with Crippen LogP contribution in [-0.2, 0) is 21.0 Å². The molecule has 2 aromatic carbocycles. The summed E-state index contributed by atoms with van der Waals surface area (Å²) < 4.78 is 63.8. The van der Waals surface area contributed by atoms with Crippen molar-refractivity contribution in [3.8, 4) is 0 Å². The molecular formula is C19H16F3NO5S. The number of sulfonamides is 1. The summed E-state index contributed by atoms with van der Waals surface area (Å²) in [7, 11) is -3.90. The Morgan fingerprint density at radius 1 is 1.00 bits per heavy atom. The largest absolute Gasteiger partial charge is 0.481 e. The molecule has 0 saturated carbocycles. The van der Waals surface area contributed by atoms with E-state index in [1.807, 2.05) is 0 Å². The van der Waals surface area contributed by atoms with E-state index in [0.29, 0.717) is 5.56 Å². The van der Waals surface area contributed by atoms with Crippen LogP contribution in [-0.4, -0.2) is 31.8 Å². The number of carbonyl (C=O) groups excluding carboxylic acids is 1. The number of nitrogens with one attached hydrogen (secondary N) is 1. The molecule has 0 spiro atoms. The van der Waals surface area contributed by atoms with Gasteiger partial charge in [0.05, 0.1) is 16.9 Å². The molecule has 6 nitrogen and oxygen atoms in total. The summed E-state index contributed by atoms with van der Waals surface area (Å²) in [5.41, 5.74) is -0.222. The number of ketones is 1. The fourth-order valence-electron chi connectivity index (χ4n) is 2.23. The first-order valence-electron chi connectivity index (χ1n) is 8.20. The van der Waals surface area contributed by atoms with E-state index in [1.165, 1.54) is 42.5 Å². The van der Waals surface area contributed by atoms with Crippen LogP contribution in [0.4, 0.5) is 13.2 Å². The number of carbonyl (C=O) groups is 2. The first kappa shape index (κ1) is 22.3. The van der Waals surface area contributed by atoms with Gasteiger partial charge in [-0.2, -0.15) is 13.2 Å². The van der Waals surface area contributed by atoms with Crippen molar-refractivity contribution in [2.24, 2.45) is 0 Å². The van der Waals surface area contributed by atoms with Crippen molar-refractivity contribution in [1.29, 1.82) is 0 Å². The van der Waals surface area contributed by atoms with Gasteiger partial charge in [-0.05, 0) is 48.0 Å². The average Bonchev–Trinajstić information content (AvgIpc) is 2.65. The Bertz CT molecular complexity index is 1010. The third-order valence-corrected chi connectivity index (χ3v) is 5.22. The first-order chi connectivity index (χ1) is 13.5. The number of aliphatic carboxylic acids is 1. The number of allylic oxidation sites excluding steroid dienone is 1. The lowest BCUT2D eigenvalue weighted by Crippen LogP contribution is -2.26. The SMILES string of the molecule is O=C(O)CCNS(=O)(=O)c1ccc(C(=O)/C=C/c2ccc(C(F)(F)F)cc2)cc1. The highest BCUT2D eigenvalue weighted by Crippen LogP contribution is 2.29. The lowest BCUT2D eigenvalue weighted by atomic mass is 10.1. The molecule has 2 N–H and O–H groups in total. The van der Waals surface area contributed by atoms with Gasteiger partial charge in [-0.15, -0.1) is 0 Å². The smallest absolute Gasteiger partial charge is 0.416 e. The molecule has 0 saturated heterocycles. The predicted molar refractivity (Wildman–Crippen MR) is 98.7 cm³/mol. The van der Waals surface area contributed by atoms with Crippen molar-refractivity contribution in [2.45, 2.75) is 17.5 Å². The fourth-order valence-corrected chi connectivity index (χ4v) is 3.26. The second-order valence-electron chi connectivity index (χ2n) is 5.88. The highest BCUT2D eigenvalue weighted by atomic mass is 32.2. The lowest BCUT2D eigenvalue weighted by Gasteiger charge is -2.06. The molecule has 0 heterocycles. The van der Waals surface area contributed by atoms with E-state index >= 15 is 0 Å². The van der Waals surface area contributed by atoms with Crippen molar-refractivity contribution in [3.63, 3.8) is 0 Å². The van der Waals surface area contributed by atoms with Crippen LogP contribution in [0.15, 0.2) is 59.5 Å². The molecule has 2 aromatic rings. The molecule has 0 atom stereocenters. The van der Waals surface area contributed by atoms with Crippen LogP contribution in [0.5, 0.6) is 0 Å². The first-order valence-corrected chi connectivity index (χ1v) is 9.68. The molecule has 0 aliphatic carbocycles. The topological polar surface area (TPSA) is 101 Å². The molecular weight excluding hydrogens is 411 g/mol. The van der Waals surface area contributed by atoms with E-state index in [9.17, 15) is 31.2 Å². The maximum absolute atomic E-state index is 12.5. The Balaban J connectivity index is 2.05. The lowest BCUT2D eigenvalue weighted by molar-refractivity contribution is -0.138. The van der Waals surface area contributed by atoms with Crippen molar-refractivity contribution in [3.05, 3.63) is 71.3 Å². The van der Waals surface area contributed by atoms with Crippen molar-refractivity contribution >= 4 is 27.9 Å². The Hall–Kier alpha value is -2.98. The number of rotatable bonds is 8. The molecule has 154 valence electrons. The van der Waals surface area contributed by atoms with Crippen molar-refractivity contribution < 1.29 is 36.3 Å². The number of carboxylic acids is 1. The van der Waals surface area contributed by atoms with Crippen molar-refractivity contribution in [2.75, 3.05) is 6.54 Å². The molecule has 29 heavy (non-hydrogen) atoms. The van der Waals surface area contributed by atoms with Crippen LogP contribution in [0.3, 0.4) is 0 Å². The number of carboxylic acid groups (broad SMARTS) is 1. The molecule has 2 rings (SSSR count). The van der Waals surface area contributed by atoms with Gasteiger partial charge in [-0.3, -0.25) is 9.59 Å². The van der Waals surface area contributed by atoms with Gasteiger partial charge < -0.3 is 5.11 Å². The monoisotopic (exact) mass is 427 g/mol. The third-order valence-electron chi connectivity index (χ3n) is 3.75. The summed E-state index contributed by atoms with van der Waals surface area (Å²) in [6.45, 7) is -0.270. The second kappa shape index (κ2) is 9.01. The predicted octanol–water partition coefficient (Wildman–Crippen LogP) is 3.35. The highest BCUT2D eigenvalue weighted by molar-refractivity contribution is 7.89. The molecule has 0 radical (unpaired) electrons. The highest BCUT2D eigenvalue weighted by Gasteiger charge is 2.29. The minimum absolute atomic E-state index is 0.133. The normalized spacial score (nSPS) is 12.2. The van der Waals surface area contributed by atoms with Crippen LogP contribution >= 0.6 is 0 Å². The number of halogens is 3. The van der Waals surface area contributed by atoms with E-state index in [0.717, 1.165) is 18.2 Å². The zero-order valence-electron chi connectivity index (χ0n) is 14.8. The van der Waals surface area contributed by atoms with Gasteiger partial charge in [0.25, 0.3) is 0 Å². The Morgan fingerprint density at radius 3 is 2.10 bits per heavy atom. The summed E-state index contributed by atoms with van der Waals surface area (Å²) >= 11 is 0. The summed E-state index contributed by atoms with van der Waals surface area (Å²) in [5.74, 6) is -1.61. The molecule has 10 heteroatoms. The van der Waals surface area contributed by atoms with Crippen LogP contribution in [0.25, 0.3) is 6.08 Å². The summed E-state index contributed by atoms with van der Waals surface area (Å²) in [6.07, 6.45) is -2.30. The molecule has 0 fully saturated rings. The van der Waals surface area contributed by atoms with E-state index < -0.39 is 33.5 Å².